The second-order valence-electron chi connectivity index (χ2n) is 6.57. The molecule has 2 aliphatic heterocycles. The van der Waals surface area contributed by atoms with Crippen LogP contribution in [0.5, 0.6) is 5.75 Å². The fraction of sp³-hybridized carbons (Fsp3) is 0.556. The average Bonchev–Trinajstić information content (AvgIpc) is 2.83. The summed E-state index contributed by atoms with van der Waals surface area (Å²) >= 11 is 0. The Balaban J connectivity index is 1.76. The Morgan fingerprint density at radius 3 is 2.38 bits per heavy atom. The van der Waals surface area contributed by atoms with Crippen LogP contribution in [0.1, 0.15) is 27.2 Å². The van der Waals surface area contributed by atoms with Crippen molar-refractivity contribution in [1.29, 1.82) is 0 Å². The Labute approximate surface area is 142 Å². The summed E-state index contributed by atoms with van der Waals surface area (Å²) < 4.78 is 11.2. The van der Waals surface area contributed by atoms with Gasteiger partial charge >= 0.3 is 0 Å². The highest BCUT2D eigenvalue weighted by atomic mass is 16.5. The van der Waals surface area contributed by atoms with Gasteiger partial charge in [-0.3, -0.25) is 9.59 Å². The first kappa shape index (κ1) is 16.9. The predicted molar refractivity (Wildman–Crippen MR) is 89.2 cm³/mol. The summed E-state index contributed by atoms with van der Waals surface area (Å²) in [5, 5.41) is 0. The number of hydrogen-bond acceptors (Lipinski definition) is 4. The number of nitrogens with one attached hydrogen (secondary N) is 1. The molecule has 3 atom stereocenters. The number of amides is 2. The molecular formula is C18H25N2O4+. The van der Waals surface area contributed by atoms with E-state index in [2.05, 4.69) is 0 Å². The van der Waals surface area contributed by atoms with Gasteiger partial charge in [0, 0.05) is 0 Å². The van der Waals surface area contributed by atoms with E-state index in [9.17, 15) is 9.59 Å². The number of ether oxygens (including phenoxy) is 2. The summed E-state index contributed by atoms with van der Waals surface area (Å²) in [6, 6.07) is 6.81. The molecule has 0 aliphatic carbocycles. The minimum absolute atomic E-state index is 0.103. The van der Waals surface area contributed by atoms with E-state index in [1.54, 1.807) is 24.3 Å². The zero-order valence-corrected chi connectivity index (χ0v) is 14.5. The number of hydrogen-bond donors (Lipinski definition) is 1. The fourth-order valence-corrected chi connectivity index (χ4v) is 3.68. The Bertz CT molecular complexity index is 606. The van der Waals surface area contributed by atoms with Crippen molar-refractivity contribution in [2.45, 2.75) is 45.4 Å². The van der Waals surface area contributed by atoms with E-state index < -0.39 is 0 Å². The number of benzene rings is 1. The van der Waals surface area contributed by atoms with E-state index in [1.807, 2.05) is 20.8 Å². The molecular weight excluding hydrogens is 308 g/mol. The monoisotopic (exact) mass is 333 g/mol. The highest BCUT2D eigenvalue weighted by molar-refractivity contribution is 6.21. The topological polar surface area (TPSA) is 60.3 Å². The lowest BCUT2D eigenvalue weighted by Crippen LogP contribution is -3.19. The number of imide groups is 1. The Morgan fingerprint density at radius 1 is 1.17 bits per heavy atom. The van der Waals surface area contributed by atoms with Crippen LogP contribution in [0, 0.1) is 0 Å². The van der Waals surface area contributed by atoms with Crippen LogP contribution in [0.2, 0.25) is 0 Å². The first-order valence-corrected chi connectivity index (χ1v) is 8.59. The summed E-state index contributed by atoms with van der Waals surface area (Å²) in [6.07, 6.45) is 0.471. The van der Waals surface area contributed by atoms with Crippen LogP contribution in [-0.4, -0.2) is 49.8 Å². The van der Waals surface area contributed by atoms with Crippen LogP contribution >= 0.6 is 0 Å². The van der Waals surface area contributed by atoms with E-state index in [0.29, 0.717) is 12.3 Å². The van der Waals surface area contributed by atoms with Crippen molar-refractivity contribution < 1.29 is 24.0 Å². The van der Waals surface area contributed by atoms with Crippen molar-refractivity contribution in [2.24, 2.45) is 0 Å². The van der Waals surface area contributed by atoms with Crippen molar-refractivity contribution in [1.82, 2.24) is 0 Å². The molecule has 2 amide bonds. The van der Waals surface area contributed by atoms with Gasteiger partial charge in [0.2, 0.25) is 5.91 Å². The lowest BCUT2D eigenvalue weighted by molar-refractivity contribution is -0.929. The molecule has 1 aromatic carbocycles. The van der Waals surface area contributed by atoms with Crippen molar-refractivity contribution >= 4 is 17.5 Å². The zero-order chi connectivity index (χ0) is 17.3. The van der Waals surface area contributed by atoms with Crippen molar-refractivity contribution in [2.75, 3.05) is 24.6 Å². The SMILES string of the molecule is CCOc1ccc(N2C(=O)C[C@H]([NH+]3C[C@@H](C)O[C@H](C)C3)C2=O)cc1. The van der Waals surface area contributed by atoms with Gasteiger partial charge in [-0.1, -0.05) is 0 Å². The molecule has 2 heterocycles. The molecule has 0 aromatic heterocycles. The third-order valence-corrected chi connectivity index (χ3v) is 4.61. The second kappa shape index (κ2) is 6.91. The molecule has 3 rings (SSSR count). The van der Waals surface area contributed by atoms with Crippen molar-refractivity contribution in [3.8, 4) is 5.75 Å². The Hall–Kier alpha value is -1.92. The van der Waals surface area contributed by atoms with Crippen LogP contribution < -0.4 is 14.5 Å². The molecule has 0 saturated carbocycles. The number of rotatable bonds is 4. The van der Waals surface area contributed by atoms with Gasteiger partial charge in [-0.05, 0) is 45.0 Å². The summed E-state index contributed by atoms with van der Waals surface area (Å²) in [6.45, 7) is 8.04. The van der Waals surface area contributed by atoms with Crippen LogP contribution in [-0.2, 0) is 14.3 Å². The average molecular weight is 333 g/mol. The number of morpholine rings is 1. The van der Waals surface area contributed by atoms with Crippen molar-refractivity contribution in [3.63, 3.8) is 0 Å². The Morgan fingerprint density at radius 2 is 1.79 bits per heavy atom. The highest BCUT2D eigenvalue weighted by Crippen LogP contribution is 2.24. The van der Waals surface area contributed by atoms with E-state index in [0.717, 1.165) is 23.7 Å². The normalized spacial score (nSPS) is 30.7. The smallest absolute Gasteiger partial charge is 0.292 e. The van der Waals surface area contributed by atoms with Crippen LogP contribution in [0.3, 0.4) is 0 Å². The fourth-order valence-electron chi connectivity index (χ4n) is 3.68. The third kappa shape index (κ3) is 3.30. The highest BCUT2D eigenvalue weighted by Gasteiger charge is 2.47. The van der Waals surface area contributed by atoms with E-state index >= 15 is 0 Å². The molecule has 0 radical (unpaired) electrons. The van der Waals surface area contributed by atoms with Gasteiger partial charge < -0.3 is 14.4 Å². The largest absolute Gasteiger partial charge is 0.494 e. The van der Waals surface area contributed by atoms with Crippen molar-refractivity contribution in [3.05, 3.63) is 24.3 Å². The Kier molecular flexibility index (Phi) is 4.87. The standard InChI is InChI=1S/C18H24N2O4/c1-4-23-15-7-5-14(6-8-15)20-17(21)9-16(18(20)22)19-10-12(2)24-13(3)11-19/h5-8,12-13,16H,4,9-11H2,1-3H3/p+1/t12-,13-,16+/m1/s1. The second-order valence-corrected chi connectivity index (χ2v) is 6.57. The summed E-state index contributed by atoms with van der Waals surface area (Å²) in [5.74, 6) is 0.493. The number of anilines is 1. The molecule has 0 spiro atoms. The minimum atomic E-state index is -0.308. The van der Waals surface area contributed by atoms with Gasteiger partial charge in [-0.15, -0.1) is 0 Å². The maximum absolute atomic E-state index is 12.9. The van der Waals surface area contributed by atoms with Gasteiger partial charge in [0.1, 0.15) is 31.0 Å². The van der Waals surface area contributed by atoms with Gasteiger partial charge in [0.05, 0.1) is 18.7 Å². The molecule has 2 aliphatic rings. The van der Waals surface area contributed by atoms with E-state index in [-0.39, 0.29) is 36.5 Å². The van der Waals surface area contributed by atoms with Gasteiger partial charge in [-0.2, -0.15) is 0 Å². The summed E-state index contributed by atoms with van der Waals surface area (Å²) in [7, 11) is 0. The molecule has 24 heavy (non-hydrogen) atoms. The van der Waals surface area contributed by atoms with Gasteiger partial charge in [-0.25, -0.2) is 4.90 Å². The molecule has 1 N–H and O–H groups in total. The van der Waals surface area contributed by atoms with Crippen LogP contribution in [0.25, 0.3) is 0 Å². The predicted octanol–water partition coefficient (Wildman–Crippen LogP) is 0.409. The number of quaternary nitrogens is 1. The molecule has 130 valence electrons. The molecule has 2 fully saturated rings. The van der Waals surface area contributed by atoms with Gasteiger partial charge in [0.25, 0.3) is 5.91 Å². The van der Waals surface area contributed by atoms with E-state index in [4.69, 9.17) is 9.47 Å². The quantitative estimate of drug-likeness (QED) is 0.811. The summed E-state index contributed by atoms with van der Waals surface area (Å²) in [5.41, 5.74) is 0.615. The molecule has 0 bridgehead atoms. The lowest BCUT2D eigenvalue weighted by Gasteiger charge is -2.34. The molecule has 6 nitrogen and oxygen atoms in total. The third-order valence-electron chi connectivity index (χ3n) is 4.61. The number of carbonyl (C=O) groups is 2. The van der Waals surface area contributed by atoms with Crippen LogP contribution in [0.4, 0.5) is 5.69 Å². The van der Waals surface area contributed by atoms with Gasteiger partial charge in [0.15, 0.2) is 6.04 Å². The minimum Gasteiger partial charge on any atom is -0.494 e. The lowest BCUT2D eigenvalue weighted by atomic mass is 10.1. The number of nitrogens with zero attached hydrogens (tertiary/aromatic N) is 1. The molecule has 6 heteroatoms. The maximum atomic E-state index is 12.9. The number of carbonyl (C=O) groups excluding carboxylic acids is 2. The van der Waals surface area contributed by atoms with E-state index in [1.165, 1.54) is 4.90 Å². The summed E-state index contributed by atoms with van der Waals surface area (Å²) in [4.78, 5) is 27.8. The maximum Gasteiger partial charge on any atom is 0.292 e. The zero-order valence-electron chi connectivity index (χ0n) is 14.5. The van der Waals surface area contributed by atoms with Crippen LogP contribution in [0.15, 0.2) is 24.3 Å². The first-order chi connectivity index (χ1) is 11.5. The molecule has 1 aromatic rings. The molecule has 0 unspecified atom stereocenters. The first-order valence-electron chi connectivity index (χ1n) is 8.59. The molecule has 2 saturated heterocycles.